The smallest absolute Gasteiger partial charge is 0.265 e. The molecular weight excluding hydrogens is 246 g/mol. The molecule has 4 heterocycles. The average molecular weight is 253 g/mol. The Kier molecular flexibility index (Phi) is 1.82. The van der Waals surface area contributed by atoms with Crippen molar-refractivity contribution in [3.8, 4) is 11.4 Å². The van der Waals surface area contributed by atoms with Gasteiger partial charge in [0.2, 0.25) is 0 Å². The quantitative estimate of drug-likeness (QED) is 0.520. The normalized spacial score (nSPS) is 11.4. The fourth-order valence-electron chi connectivity index (χ4n) is 2.03. The summed E-state index contributed by atoms with van der Waals surface area (Å²) in [5.74, 6) is 0.562. The first-order valence-electron chi connectivity index (χ1n) is 5.56. The number of aromatic nitrogens is 7. The highest BCUT2D eigenvalue weighted by atomic mass is 16.2. The molecular formula is C11H7N7O. The summed E-state index contributed by atoms with van der Waals surface area (Å²) in [5.41, 5.74) is 1.56. The second kappa shape index (κ2) is 3.48. The van der Waals surface area contributed by atoms with Crippen LogP contribution in [0.4, 0.5) is 0 Å². The Labute approximate surface area is 105 Å². The van der Waals surface area contributed by atoms with Crippen molar-refractivity contribution < 1.29 is 0 Å². The number of H-pyrrole nitrogens is 1. The minimum Gasteiger partial charge on any atom is -0.265 e. The van der Waals surface area contributed by atoms with Crippen LogP contribution in [0, 0.1) is 0 Å². The summed E-state index contributed by atoms with van der Waals surface area (Å²) in [6.07, 6.45) is 3.32. The molecule has 4 aromatic rings. The third kappa shape index (κ3) is 1.30. The van der Waals surface area contributed by atoms with Gasteiger partial charge in [-0.1, -0.05) is 0 Å². The molecule has 0 amide bonds. The number of rotatable bonds is 1. The van der Waals surface area contributed by atoms with E-state index in [4.69, 9.17) is 0 Å². The van der Waals surface area contributed by atoms with Crippen LogP contribution < -0.4 is 5.69 Å². The molecule has 0 unspecified atom stereocenters. The molecule has 0 atom stereocenters. The van der Waals surface area contributed by atoms with Crippen molar-refractivity contribution in [1.82, 2.24) is 34.4 Å². The summed E-state index contributed by atoms with van der Waals surface area (Å²) < 4.78 is 3.02. The molecule has 8 heteroatoms. The monoisotopic (exact) mass is 253 g/mol. The molecule has 0 radical (unpaired) electrons. The maximum atomic E-state index is 11.8. The van der Waals surface area contributed by atoms with Gasteiger partial charge < -0.3 is 0 Å². The number of aromatic amines is 1. The van der Waals surface area contributed by atoms with Crippen molar-refractivity contribution in [3.05, 3.63) is 47.1 Å². The SMILES string of the molecule is O=c1[nH]nc2ccc3nnc(-c4ccncc4)n3n12. The van der Waals surface area contributed by atoms with Gasteiger partial charge in [-0.25, -0.2) is 14.4 Å². The van der Waals surface area contributed by atoms with Crippen LogP contribution in [-0.4, -0.2) is 34.4 Å². The molecule has 0 aliphatic carbocycles. The van der Waals surface area contributed by atoms with E-state index in [0.29, 0.717) is 17.1 Å². The third-order valence-electron chi connectivity index (χ3n) is 2.86. The predicted octanol–water partition coefficient (Wildman–Crippen LogP) is 0.127. The lowest BCUT2D eigenvalue weighted by Gasteiger charge is -2.01. The molecule has 0 aromatic carbocycles. The van der Waals surface area contributed by atoms with E-state index in [1.165, 1.54) is 4.52 Å². The van der Waals surface area contributed by atoms with Crippen LogP contribution in [0.15, 0.2) is 41.5 Å². The van der Waals surface area contributed by atoms with Gasteiger partial charge in [-0.2, -0.15) is 9.61 Å². The van der Waals surface area contributed by atoms with Gasteiger partial charge in [0.15, 0.2) is 17.1 Å². The topological polar surface area (TPSA) is 93.2 Å². The van der Waals surface area contributed by atoms with Crippen LogP contribution in [0.3, 0.4) is 0 Å². The van der Waals surface area contributed by atoms with Crippen molar-refractivity contribution in [2.45, 2.75) is 0 Å². The Bertz CT molecular complexity index is 934. The highest BCUT2D eigenvalue weighted by Gasteiger charge is 2.12. The summed E-state index contributed by atoms with van der Waals surface area (Å²) in [5, 5.41) is 14.5. The largest absolute Gasteiger partial charge is 0.363 e. The molecule has 0 bridgehead atoms. The zero-order chi connectivity index (χ0) is 12.8. The van der Waals surface area contributed by atoms with Crippen molar-refractivity contribution in [1.29, 1.82) is 0 Å². The van der Waals surface area contributed by atoms with Gasteiger partial charge in [-0.15, -0.1) is 10.2 Å². The predicted molar refractivity (Wildman–Crippen MR) is 65.6 cm³/mol. The van der Waals surface area contributed by atoms with E-state index in [9.17, 15) is 4.79 Å². The molecule has 0 saturated carbocycles. The van der Waals surface area contributed by atoms with Gasteiger partial charge in [-0.3, -0.25) is 4.98 Å². The maximum Gasteiger partial charge on any atom is 0.363 e. The maximum absolute atomic E-state index is 11.8. The molecule has 4 rings (SSSR count). The van der Waals surface area contributed by atoms with Crippen LogP contribution in [0.5, 0.6) is 0 Å². The Morgan fingerprint density at radius 1 is 0.947 bits per heavy atom. The van der Waals surface area contributed by atoms with Crippen molar-refractivity contribution in [2.75, 3.05) is 0 Å². The molecule has 0 saturated heterocycles. The fraction of sp³-hybridized carbons (Fsp3) is 0. The number of fused-ring (bicyclic) bond motifs is 3. The molecule has 92 valence electrons. The van der Waals surface area contributed by atoms with E-state index in [1.807, 2.05) is 0 Å². The first kappa shape index (κ1) is 9.95. The summed E-state index contributed by atoms with van der Waals surface area (Å²) in [4.78, 5) is 15.8. The number of pyridine rings is 1. The summed E-state index contributed by atoms with van der Waals surface area (Å²) >= 11 is 0. The third-order valence-corrected chi connectivity index (χ3v) is 2.86. The molecule has 0 aliphatic heterocycles. The van der Waals surface area contributed by atoms with Crippen molar-refractivity contribution in [2.24, 2.45) is 0 Å². The lowest BCUT2D eigenvalue weighted by Crippen LogP contribution is -2.16. The van der Waals surface area contributed by atoms with E-state index in [2.05, 4.69) is 25.4 Å². The van der Waals surface area contributed by atoms with E-state index < -0.39 is 0 Å². The highest BCUT2D eigenvalue weighted by Crippen LogP contribution is 2.16. The highest BCUT2D eigenvalue weighted by molar-refractivity contribution is 5.59. The molecule has 0 spiro atoms. The second-order valence-electron chi connectivity index (χ2n) is 3.96. The summed E-state index contributed by atoms with van der Waals surface area (Å²) in [7, 11) is 0. The summed E-state index contributed by atoms with van der Waals surface area (Å²) in [6, 6.07) is 7.08. The zero-order valence-electron chi connectivity index (χ0n) is 9.56. The number of hydrogen-bond donors (Lipinski definition) is 1. The van der Waals surface area contributed by atoms with Gasteiger partial charge in [0.05, 0.1) is 0 Å². The van der Waals surface area contributed by atoms with Crippen LogP contribution in [0.25, 0.3) is 22.7 Å². The lowest BCUT2D eigenvalue weighted by molar-refractivity contribution is 0.815. The molecule has 0 aliphatic rings. The van der Waals surface area contributed by atoms with Crippen molar-refractivity contribution >= 4 is 11.3 Å². The van der Waals surface area contributed by atoms with Gasteiger partial charge in [-0.05, 0) is 24.3 Å². The van der Waals surface area contributed by atoms with E-state index in [0.717, 1.165) is 5.56 Å². The molecule has 1 N–H and O–H groups in total. The van der Waals surface area contributed by atoms with Gasteiger partial charge in [0.1, 0.15) is 0 Å². The van der Waals surface area contributed by atoms with Gasteiger partial charge in [0, 0.05) is 18.0 Å². The standard InChI is InChI=1S/C11H7N7O/c19-11-16-14-9-2-1-8-13-15-10(17(8)18(9)11)7-3-5-12-6-4-7/h1-6H,(H,16,19). The van der Waals surface area contributed by atoms with Crippen LogP contribution in [-0.2, 0) is 0 Å². The van der Waals surface area contributed by atoms with E-state index >= 15 is 0 Å². The van der Waals surface area contributed by atoms with Gasteiger partial charge in [0.25, 0.3) is 0 Å². The Balaban J connectivity index is 2.21. The average Bonchev–Trinajstić information content (AvgIpc) is 3.03. The number of hydrogen-bond acceptors (Lipinski definition) is 5. The van der Waals surface area contributed by atoms with E-state index in [1.54, 1.807) is 41.2 Å². The van der Waals surface area contributed by atoms with Crippen LogP contribution in [0.1, 0.15) is 0 Å². The fourth-order valence-corrected chi connectivity index (χ4v) is 2.03. The first-order chi connectivity index (χ1) is 9.34. The number of nitrogens with zero attached hydrogens (tertiary/aromatic N) is 6. The van der Waals surface area contributed by atoms with Crippen LogP contribution in [0.2, 0.25) is 0 Å². The lowest BCUT2D eigenvalue weighted by atomic mass is 10.2. The first-order valence-corrected chi connectivity index (χ1v) is 5.56. The molecule has 4 aromatic heterocycles. The molecule has 19 heavy (non-hydrogen) atoms. The minimum atomic E-state index is -0.337. The minimum absolute atomic E-state index is 0.337. The summed E-state index contributed by atoms with van der Waals surface area (Å²) in [6.45, 7) is 0. The Morgan fingerprint density at radius 2 is 1.74 bits per heavy atom. The van der Waals surface area contributed by atoms with Crippen molar-refractivity contribution in [3.63, 3.8) is 0 Å². The van der Waals surface area contributed by atoms with Crippen LogP contribution >= 0.6 is 0 Å². The van der Waals surface area contributed by atoms with E-state index in [-0.39, 0.29) is 5.69 Å². The Hall–Kier alpha value is -3.03. The Morgan fingerprint density at radius 3 is 2.58 bits per heavy atom. The second-order valence-corrected chi connectivity index (χ2v) is 3.96. The molecule has 8 nitrogen and oxygen atoms in total. The zero-order valence-corrected chi connectivity index (χ0v) is 9.56. The number of nitrogens with one attached hydrogen (secondary N) is 1. The molecule has 0 fully saturated rings. The van der Waals surface area contributed by atoms with Gasteiger partial charge >= 0.3 is 5.69 Å².